The Kier molecular flexibility index (Phi) is 10.0. The van der Waals surface area contributed by atoms with Gasteiger partial charge in [-0.25, -0.2) is 9.59 Å². The fourth-order valence-electron chi connectivity index (χ4n) is 2.71. The van der Waals surface area contributed by atoms with E-state index in [-0.39, 0.29) is 12.2 Å². The van der Waals surface area contributed by atoms with Gasteiger partial charge in [0.15, 0.2) is 0 Å². The van der Waals surface area contributed by atoms with Gasteiger partial charge in [-0.1, -0.05) is 0 Å². The maximum Gasteiger partial charge on any atom is 0.410 e. The lowest BCUT2D eigenvalue weighted by atomic mass is 10.2. The molecule has 1 saturated heterocycles. The van der Waals surface area contributed by atoms with Crippen LogP contribution in [0.4, 0.5) is 9.59 Å². The van der Waals surface area contributed by atoms with E-state index in [4.69, 9.17) is 9.47 Å². The number of hydrogen-bond acceptors (Lipinski definition) is 6. The smallest absolute Gasteiger partial charge is 0.410 e. The third-order valence-corrected chi connectivity index (χ3v) is 3.98. The van der Waals surface area contributed by atoms with Crippen molar-refractivity contribution < 1.29 is 19.1 Å². The monoisotopic (exact) mass is 400 g/mol. The lowest BCUT2D eigenvalue weighted by Crippen LogP contribution is -2.44. The van der Waals surface area contributed by atoms with Crippen LogP contribution >= 0.6 is 0 Å². The summed E-state index contributed by atoms with van der Waals surface area (Å²) in [7, 11) is 0. The molecule has 0 aromatic heterocycles. The minimum absolute atomic E-state index is 0.313. The van der Waals surface area contributed by atoms with Crippen molar-refractivity contribution in [2.75, 3.05) is 52.4 Å². The van der Waals surface area contributed by atoms with Gasteiger partial charge < -0.3 is 29.9 Å². The Bertz CT molecular complexity index is 444. The Hall–Kier alpha value is -1.54. The minimum atomic E-state index is -0.530. The van der Waals surface area contributed by atoms with Crippen LogP contribution in [0.3, 0.4) is 0 Å². The number of carbonyl (C=O) groups excluding carboxylic acids is 2. The van der Waals surface area contributed by atoms with Crippen molar-refractivity contribution in [2.45, 2.75) is 65.6 Å². The molecule has 2 N–H and O–H groups in total. The van der Waals surface area contributed by atoms with Crippen molar-refractivity contribution in [2.24, 2.45) is 0 Å². The second-order valence-electron chi connectivity index (χ2n) is 9.14. The van der Waals surface area contributed by atoms with E-state index in [0.717, 1.165) is 32.6 Å². The van der Waals surface area contributed by atoms with Crippen molar-refractivity contribution >= 4 is 12.2 Å². The van der Waals surface area contributed by atoms with E-state index in [1.807, 2.05) is 41.5 Å². The average molecular weight is 401 g/mol. The van der Waals surface area contributed by atoms with Crippen molar-refractivity contribution in [3.63, 3.8) is 0 Å². The topological polar surface area (TPSA) is 83.1 Å². The van der Waals surface area contributed by atoms with Crippen molar-refractivity contribution in [1.29, 1.82) is 0 Å². The first-order chi connectivity index (χ1) is 13.0. The molecule has 1 fully saturated rings. The summed E-state index contributed by atoms with van der Waals surface area (Å²) in [4.78, 5) is 28.5. The summed E-state index contributed by atoms with van der Waals surface area (Å²) in [6, 6.07) is 0. The van der Waals surface area contributed by atoms with E-state index in [0.29, 0.717) is 32.6 Å². The molecular formula is C20H40N4O4. The van der Waals surface area contributed by atoms with Crippen LogP contribution in [0.25, 0.3) is 0 Å². The van der Waals surface area contributed by atoms with Gasteiger partial charge in [0.25, 0.3) is 0 Å². The van der Waals surface area contributed by atoms with Gasteiger partial charge in [-0.3, -0.25) is 0 Å². The number of ether oxygens (including phenoxy) is 2. The van der Waals surface area contributed by atoms with Gasteiger partial charge in [0.2, 0.25) is 0 Å². The molecule has 164 valence electrons. The fourth-order valence-corrected chi connectivity index (χ4v) is 2.71. The van der Waals surface area contributed by atoms with Gasteiger partial charge in [0.1, 0.15) is 11.2 Å². The molecule has 8 heteroatoms. The van der Waals surface area contributed by atoms with E-state index in [9.17, 15) is 9.59 Å². The fraction of sp³-hybridized carbons (Fsp3) is 0.900. The number of amides is 2. The highest BCUT2D eigenvalue weighted by molar-refractivity contribution is 5.68. The summed E-state index contributed by atoms with van der Waals surface area (Å²) in [5.41, 5.74) is -1.06. The third kappa shape index (κ3) is 11.3. The second kappa shape index (κ2) is 11.5. The lowest BCUT2D eigenvalue weighted by Gasteiger charge is -2.30. The Morgan fingerprint density at radius 3 is 1.39 bits per heavy atom. The van der Waals surface area contributed by atoms with Crippen LogP contribution in [-0.4, -0.2) is 85.5 Å². The highest BCUT2D eigenvalue weighted by Crippen LogP contribution is 2.12. The highest BCUT2D eigenvalue weighted by atomic mass is 16.6. The molecule has 1 aliphatic heterocycles. The third-order valence-electron chi connectivity index (χ3n) is 3.98. The summed E-state index contributed by atoms with van der Waals surface area (Å²) in [5.74, 6) is 0. The maximum absolute atomic E-state index is 12.5. The average Bonchev–Trinajstić information content (AvgIpc) is 2.53. The van der Waals surface area contributed by atoms with Gasteiger partial charge >= 0.3 is 12.2 Å². The molecule has 0 saturated carbocycles. The van der Waals surface area contributed by atoms with Gasteiger partial charge in [-0.15, -0.1) is 0 Å². The van der Waals surface area contributed by atoms with E-state index in [2.05, 4.69) is 10.6 Å². The van der Waals surface area contributed by atoms with Gasteiger partial charge in [-0.05, 0) is 67.5 Å². The zero-order valence-electron chi connectivity index (χ0n) is 18.6. The second-order valence-corrected chi connectivity index (χ2v) is 9.14. The summed E-state index contributed by atoms with van der Waals surface area (Å²) >= 11 is 0. The highest BCUT2D eigenvalue weighted by Gasteiger charge is 2.24. The summed E-state index contributed by atoms with van der Waals surface area (Å²) in [5, 5.41) is 6.73. The van der Waals surface area contributed by atoms with Gasteiger partial charge in [0.05, 0.1) is 0 Å². The Labute approximate surface area is 170 Å². The molecule has 1 aliphatic rings. The molecular weight excluding hydrogens is 360 g/mol. The summed E-state index contributed by atoms with van der Waals surface area (Å²) in [6.45, 7) is 16.6. The number of nitrogens with zero attached hydrogens (tertiary/aromatic N) is 2. The maximum atomic E-state index is 12.5. The molecule has 0 spiro atoms. The molecule has 0 aromatic rings. The number of carbonyl (C=O) groups is 2. The van der Waals surface area contributed by atoms with Crippen LogP contribution in [0.1, 0.15) is 54.4 Å². The zero-order valence-corrected chi connectivity index (χ0v) is 18.6. The van der Waals surface area contributed by atoms with E-state index in [1.165, 1.54) is 0 Å². The molecule has 0 unspecified atom stereocenters. The van der Waals surface area contributed by atoms with Crippen LogP contribution < -0.4 is 10.6 Å². The molecule has 0 atom stereocenters. The van der Waals surface area contributed by atoms with Gasteiger partial charge in [0, 0.05) is 39.3 Å². The predicted octanol–water partition coefficient (Wildman–Crippen LogP) is 2.43. The van der Waals surface area contributed by atoms with E-state index in [1.54, 1.807) is 9.80 Å². The van der Waals surface area contributed by atoms with Crippen LogP contribution in [0.15, 0.2) is 0 Å². The molecule has 0 bridgehead atoms. The van der Waals surface area contributed by atoms with Gasteiger partial charge in [-0.2, -0.15) is 0 Å². The zero-order chi connectivity index (χ0) is 21.2. The standard InChI is InChI=1S/C20H40N4O4/c1-19(2,3)27-17(25)23-13-8-14-24(18(26)28-20(4,5)6)16-12-22-10-7-9-21-11-15-23/h21-22H,7-16H2,1-6H3. The Morgan fingerprint density at radius 2 is 1.04 bits per heavy atom. The lowest BCUT2D eigenvalue weighted by molar-refractivity contribution is 0.0206. The Morgan fingerprint density at radius 1 is 0.643 bits per heavy atom. The predicted molar refractivity (Wildman–Crippen MR) is 111 cm³/mol. The van der Waals surface area contributed by atoms with E-state index >= 15 is 0 Å². The SMILES string of the molecule is CC(C)(C)OC(=O)N1CCCN(C(=O)OC(C)(C)C)CCNCCCNCC1. The Balaban J connectivity index is 2.73. The molecule has 0 aliphatic carbocycles. The van der Waals surface area contributed by atoms with Crippen LogP contribution in [0.5, 0.6) is 0 Å². The largest absolute Gasteiger partial charge is 0.444 e. The van der Waals surface area contributed by atoms with Crippen LogP contribution in [-0.2, 0) is 9.47 Å². The van der Waals surface area contributed by atoms with Crippen molar-refractivity contribution in [3.05, 3.63) is 0 Å². The van der Waals surface area contributed by atoms with Crippen LogP contribution in [0, 0.1) is 0 Å². The van der Waals surface area contributed by atoms with Crippen molar-refractivity contribution in [3.8, 4) is 0 Å². The first-order valence-corrected chi connectivity index (χ1v) is 10.4. The molecule has 2 amide bonds. The molecule has 8 nitrogen and oxygen atoms in total. The quantitative estimate of drug-likeness (QED) is 0.650. The summed E-state index contributed by atoms with van der Waals surface area (Å²) in [6.07, 6.45) is 1.02. The molecule has 1 rings (SSSR count). The first kappa shape index (κ1) is 24.5. The molecule has 0 aromatic carbocycles. The summed E-state index contributed by atoms with van der Waals surface area (Å²) < 4.78 is 11.1. The number of hydrogen-bond donors (Lipinski definition) is 2. The molecule has 1 heterocycles. The first-order valence-electron chi connectivity index (χ1n) is 10.4. The van der Waals surface area contributed by atoms with E-state index < -0.39 is 11.2 Å². The normalized spacial score (nSPS) is 18.9. The molecule has 28 heavy (non-hydrogen) atoms. The van der Waals surface area contributed by atoms with Crippen molar-refractivity contribution in [1.82, 2.24) is 20.4 Å². The number of nitrogens with one attached hydrogen (secondary N) is 2. The number of rotatable bonds is 0. The van der Waals surface area contributed by atoms with Crippen LogP contribution in [0.2, 0.25) is 0 Å². The molecule has 0 radical (unpaired) electrons. The minimum Gasteiger partial charge on any atom is -0.444 e.